The van der Waals surface area contributed by atoms with E-state index >= 15 is 0 Å². The number of sulfonamides is 1. The average Bonchev–Trinajstić information content (AvgIpc) is 2.65. The van der Waals surface area contributed by atoms with Crippen molar-refractivity contribution < 1.29 is 37.0 Å². The molecule has 12 heteroatoms. The molecule has 0 saturated heterocycles. The molecule has 0 aliphatic rings. The van der Waals surface area contributed by atoms with E-state index in [2.05, 4.69) is 4.72 Å². The lowest BCUT2D eigenvalue weighted by atomic mass is 10.1. The fourth-order valence-corrected chi connectivity index (χ4v) is 3.73. The highest BCUT2D eigenvalue weighted by molar-refractivity contribution is 7.89. The first-order valence-corrected chi connectivity index (χ1v) is 11.3. The minimum absolute atomic E-state index is 0.0401. The van der Waals surface area contributed by atoms with Crippen LogP contribution in [-0.4, -0.2) is 62.7 Å². The summed E-state index contributed by atoms with van der Waals surface area (Å²) in [6, 6.07) is 3.55. The lowest BCUT2D eigenvalue weighted by molar-refractivity contribution is -0.120. The van der Waals surface area contributed by atoms with Gasteiger partial charge in [0.15, 0.2) is 11.6 Å². The number of carbonyl (C=O) groups excluding carboxylic acids is 1. The van der Waals surface area contributed by atoms with Crippen LogP contribution in [0.25, 0.3) is 0 Å². The summed E-state index contributed by atoms with van der Waals surface area (Å²) in [4.78, 5) is 22.4. The maximum atomic E-state index is 13.9. The fourth-order valence-electron chi connectivity index (χ4n) is 2.44. The van der Waals surface area contributed by atoms with Crippen LogP contribution in [0, 0.1) is 11.7 Å². The second kappa shape index (κ2) is 12.4. The number of nitrogens with one attached hydrogen (secondary N) is 1. The first-order valence-electron chi connectivity index (χ1n) is 9.67. The van der Waals surface area contributed by atoms with Crippen molar-refractivity contribution in [3.8, 4) is 5.75 Å². The number of amides is 2. The molecule has 0 aliphatic carbocycles. The van der Waals surface area contributed by atoms with Crippen molar-refractivity contribution in [2.24, 2.45) is 11.7 Å². The highest BCUT2D eigenvalue weighted by atomic mass is 32.2. The summed E-state index contributed by atoms with van der Waals surface area (Å²) in [6.07, 6.45) is -1.28. The molecule has 1 aromatic carbocycles. The zero-order valence-electron chi connectivity index (χ0n) is 17.8. The number of nitrogens with two attached hydrogens (primary N) is 1. The number of benzene rings is 1. The monoisotopic (exact) mass is 463 g/mol. The number of carboxylic acid groups (broad SMARTS) is 1. The maximum absolute atomic E-state index is 13.9. The lowest BCUT2D eigenvalue weighted by Gasteiger charge is -2.18. The van der Waals surface area contributed by atoms with E-state index in [4.69, 9.17) is 20.3 Å². The minimum atomic E-state index is -3.68. The predicted molar refractivity (Wildman–Crippen MR) is 111 cm³/mol. The second-order valence-corrected chi connectivity index (χ2v) is 9.26. The Hall–Kier alpha value is -2.44. The first kappa shape index (κ1) is 26.6. The van der Waals surface area contributed by atoms with E-state index in [1.54, 1.807) is 6.92 Å². The van der Waals surface area contributed by atoms with Crippen molar-refractivity contribution >= 4 is 22.0 Å². The van der Waals surface area contributed by atoms with Gasteiger partial charge in [-0.25, -0.2) is 22.3 Å². The summed E-state index contributed by atoms with van der Waals surface area (Å²) in [5, 5.41) is 8.91. The molecule has 0 saturated carbocycles. The molecule has 4 N–H and O–H groups in total. The topological polar surface area (TPSA) is 148 Å². The van der Waals surface area contributed by atoms with Crippen LogP contribution >= 0.6 is 0 Å². The van der Waals surface area contributed by atoms with Crippen LogP contribution in [0.5, 0.6) is 5.75 Å². The Bertz CT molecular complexity index is 849. The molecule has 2 amide bonds. The summed E-state index contributed by atoms with van der Waals surface area (Å²) in [5.74, 6) is -1.35. The van der Waals surface area contributed by atoms with Crippen LogP contribution in [0.15, 0.2) is 18.2 Å². The van der Waals surface area contributed by atoms with Crippen LogP contribution in [0.2, 0.25) is 0 Å². The van der Waals surface area contributed by atoms with E-state index in [-0.39, 0.29) is 30.4 Å². The van der Waals surface area contributed by atoms with Gasteiger partial charge in [-0.1, -0.05) is 19.9 Å². The van der Waals surface area contributed by atoms with E-state index < -0.39 is 47.2 Å². The van der Waals surface area contributed by atoms with Crippen molar-refractivity contribution in [1.82, 2.24) is 9.62 Å². The van der Waals surface area contributed by atoms with Crippen LogP contribution in [0.3, 0.4) is 0 Å². The average molecular weight is 464 g/mol. The molecule has 0 unspecified atom stereocenters. The van der Waals surface area contributed by atoms with Gasteiger partial charge < -0.3 is 20.3 Å². The summed E-state index contributed by atoms with van der Waals surface area (Å²) in [6.45, 7) is 4.85. The number of carbonyl (C=O) groups is 2. The molecular formula is C19H30FN3O7S. The van der Waals surface area contributed by atoms with Gasteiger partial charge in [0.1, 0.15) is 13.3 Å². The number of ether oxygens (including phenoxy) is 2. The summed E-state index contributed by atoms with van der Waals surface area (Å²) < 4.78 is 51.5. The largest absolute Gasteiger partial charge is 0.490 e. The van der Waals surface area contributed by atoms with E-state index in [9.17, 15) is 22.4 Å². The van der Waals surface area contributed by atoms with Crippen molar-refractivity contribution in [3.05, 3.63) is 29.6 Å². The fraction of sp³-hybridized carbons (Fsp3) is 0.579. The van der Waals surface area contributed by atoms with Gasteiger partial charge in [-0.3, -0.25) is 9.69 Å². The zero-order chi connectivity index (χ0) is 23.6. The van der Waals surface area contributed by atoms with E-state index in [0.717, 1.165) is 0 Å². The minimum Gasteiger partial charge on any atom is -0.490 e. The lowest BCUT2D eigenvalue weighted by Crippen LogP contribution is -2.39. The van der Waals surface area contributed by atoms with Crippen LogP contribution in [-0.2, 0) is 19.6 Å². The molecule has 0 spiro atoms. The van der Waals surface area contributed by atoms with Gasteiger partial charge in [-0.2, -0.15) is 0 Å². The predicted octanol–water partition coefficient (Wildman–Crippen LogP) is 1.67. The van der Waals surface area contributed by atoms with E-state index in [1.807, 2.05) is 13.8 Å². The number of halogens is 1. The Morgan fingerprint density at radius 3 is 2.55 bits per heavy atom. The smallest absolute Gasteiger partial charge is 0.409 e. The quantitative estimate of drug-likeness (QED) is 0.281. The number of rotatable bonds is 14. The summed E-state index contributed by atoms with van der Waals surface area (Å²) in [7, 11) is -3.68. The molecule has 0 aromatic heterocycles. The molecular weight excluding hydrogens is 433 g/mol. The zero-order valence-corrected chi connectivity index (χ0v) is 18.7. The van der Waals surface area contributed by atoms with E-state index in [1.165, 1.54) is 18.2 Å². The number of nitrogens with zero attached hydrogens (tertiary/aromatic N) is 1. The number of hydrogen-bond donors (Lipinski definition) is 3. The molecule has 1 atom stereocenters. The molecule has 0 fully saturated rings. The molecule has 31 heavy (non-hydrogen) atoms. The van der Waals surface area contributed by atoms with Crippen molar-refractivity contribution in [2.45, 2.75) is 33.2 Å². The van der Waals surface area contributed by atoms with E-state index in [0.29, 0.717) is 17.1 Å². The number of primary amides is 1. The Labute approximate surface area is 181 Å². The molecule has 1 rings (SSSR count). The van der Waals surface area contributed by atoms with Gasteiger partial charge in [0.05, 0.1) is 12.4 Å². The Kier molecular flexibility index (Phi) is 10.7. The van der Waals surface area contributed by atoms with Crippen molar-refractivity contribution in [1.29, 1.82) is 0 Å². The van der Waals surface area contributed by atoms with Gasteiger partial charge in [0.25, 0.3) is 0 Å². The summed E-state index contributed by atoms with van der Waals surface area (Å²) >= 11 is 0. The van der Waals surface area contributed by atoms with Gasteiger partial charge in [-0.15, -0.1) is 0 Å². The molecule has 176 valence electrons. The molecule has 0 bridgehead atoms. The van der Waals surface area contributed by atoms with Gasteiger partial charge >= 0.3 is 6.09 Å². The molecule has 1 aromatic rings. The molecule has 10 nitrogen and oxygen atoms in total. The summed E-state index contributed by atoms with van der Waals surface area (Å²) in [5.41, 5.74) is 5.49. The third-order valence-corrected chi connectivity index (χ3v) is 5.49. The van der Waals surface area contributed by atoms with Crippen molar-refractivity contribution in [2.75, 3.05) is 32.2 Å². The third kappa shape index (κ3) is 10.4. The SMILES string of the molecule is CC(C)COc1cc([C@@H](C)NS(=O)(=O)CCCOCN(CC(N)=O)C(=O)O)ccc1F. The highest BCUT2D eigenvalue weighted by Crippen LogP contribution is 2.24. The van der Waals surface area contributed by atoms with Crippen LogP contribution in [0.1, 0.15) is 38.8 Å². The normalized spacial score (nSPS) is 12.5. The Morgan fingerprint density at radius 2 is 1.97 bits per heavy atom. The van der Waals surface area contributed by atoms with Crippen LogP contribution < -0.4 is 15.2 Å². The second-order valence-electron chi connectivity index (χ2n) is 7.39. The molecule has 0 aliphatic heterocycles. The first-order chi connectivity index (χ1) is 14.4. The van der Waals surface area contributed by atoms with Gasteiger partial charge in [0.2, 0.25) is 15.9 Å². The molecule has 0 heterocycles. The Balaban J connectivity index is 2.54. The third-order valence-electron chi connectivity index (χ3n) is 3.95. The molecule has 0 radical (unpaired) electrons. The highest BCUT2D eigenvalue weighted by Gasteiger charge is 2.18. The van der Waals surface area contributed by atoms with Gasteiger partial charge in [-0.05, 0) is 37.0 Å². The van der Waals surface area contributed by atoms with Gasteiger partial charge in [0, 0.05) is 12.6 Å². The van der Waals surface area contributed by atoms with Crippen LogP contribution in [0.4, 0.5) is 9.18 Å². The number of hydrogen-bond acceptors (Lipinski definition) is 6. The maximum Gasteiger partial charge on any atom is 0.409 e. The van der Waals surface area contributed by atoms with Crippen molar-refractivity contribution in [3.63, 3.8) is 0 Å². The Morgan fingerprint density at radius 1 is 1.29 bits per heavy atom. The standard InChI is InChI=1S/C19H30FN3O7S/c1-13(2)11-30-17-9-15(5-6-16(17)20)14(3)22-31(27,28)8-4-7-29-12-23(19(25)26)10-18(21)24/h5-6,9,13-14,22H,4,7-8,10-12H2,1-3H3,(H2,21,24)(H,25,26)/t14-/m1/s1.